The van der Waals surface area contributed by atoms with E-state index >= 15 is 4.39 Å². The number of likely N-dealkylation sites (N-methyl/N-ethyl adjacent to an activating group) is 1. The summed E-state index contributed by atoms with van der Waals surface area (Å²) < 4.78 is 42.2. The molecule has 0 amide bonds. The van der Waals surface area contributed by atoms with E-state index in [1.807, 2.05) is 11.9 Å². The molecule has 0 unspecified atom stereocenters. The van der Waals surface area contributed by atoms with Crippen LogP contribution >= 0.6 is 0 Å². The van der Waals surface area contributed by atoms with Crippen LogP contribution < -0.4 is 4.90 Å². The number of anilines is 1. The normalized spacial score (nSPS) is 15.8. The average molecular weight is 386 g/mol. The highest BCUT2D eigenvalue weighted by atomic mass is 19.2. The average Bonchev–Trinajstić information content (AvgIpc) is 3.28. The van der Waals surface area contributed by atoms with Crippen LogP contribution in [0.3, 0.4) is 0 Å². The molecule has 0 spiro atoms. The number of H-pyrrole nitrogens is 2. The third-order valence-corrected chi connectivity index (χ3v) is 5.24. The second kappa shape index (κ2) is 6.23. The Morgan fingerprint density at radius 2 is 1.71 bits per heavy atom. The van der Waals surface area contributed by atoms with Crippen molar-refractivity contribution in [2.45, 2.75) is 0 Å². The number of benzene rings is 2. The molecule has 0 aliphatic carbocycles. The molecule has 6 nitrogen and oxygen atoms in total. The Morgan fingerprint density at radius 3 is 2.50 bits per heavy atom. The number of rotatable bonds is 2. The lowest BCUT2D eigenvalue weighted by atomic mass is 10.2. The molecule has 1 aliphatic rings. The SMILES string of the molecule is CN1CCN(c2ccc3[nH]c(-c4n[nH]c5cc(F)c(F)cc45)nc3c2F)CC1. The third-order valence-electron chi connectivity index (χ3n) is 5.24. The van der Waals surface area contributed by atoms with E-state index in [1.54, 1.807) is 12.1 Å². The van der Waals surface area contributed by atoms with Crippen LogP contribution in [0, 0.1) is 17.5 Å². The first-order valence-corrected chi connectivity index (χ1v) is 8.96. The summed E-state index contributed by atoms with van der Waals surface area (Å²) in [7, 11) is 2.04. The minimum atomic E-state index is -0.977. The van der Waals surface area contributed by atoms with Crippen LogP contribution in [0.4, 0.5) is 18.9 Å². The molecule has 1 fully saturated rings. The molecule has 1 aliphatic heterocycles. The van der Waals surface area contributed by atoms with Gasteiger partial charge in [-0.05, 0) is 25.2 Å². The van der Waals surface area contributed by atoms with E-state index in [2.05, 4.69) is 25.1 Å². The monoisotopic (exact) mass is 386 g/mol. The number of aromatic nitrogens is 4. The zero-order valence-electron chi connectivity index (χ0n) is 15.1. The Hall–Kier alpha value is -3.07. The smallest absolute Gasteiger partial charge is 0.174 e. The molecule has 0 saturated carbocycles. The van der Waals surface area contributed by atoms with Crippen molar-refractivity contribution >= 4 is 27.6 Å². The van der Waals surface area contributed by atoms with Crippen molar-refractivity contribution in [1.29, 1.82) is 0 Å². The van der Waals surface area contributed by atoms with E-state index in [1.165, 1.54) is 0 Å². The minimum absolute atomic E-state index is 0.199. The van der Waals surface area contributed by atoms with Gasteiger partial charge in [0.1, 0.15) is 11.2 Å². The molecule has 0 radical (unpaired) electrons. The minimum Gasteiger partial charge on any atom is -0.367 e. The number of nitrogens with zero attached hydrogens (tertiary/aromatic N) is 4. The topological polar surface area (TPSA) is 63.8 Å². The van der Waals surface area contributed by atoms with Gasteiger partial charge in [-0.15, -0.1) is 0 Å². The molecule has 3 heterocycles. The Balaban J connectivity index is 1.59. The highest BCUT2D eigenvalue weighted by Gasteiger charge is 2.22. The Bertz CT molecular complexity index is 1190. The maximum atomic E-state index is 15.2. The second-order valence-corrected chi connectivity index (χ2v) is 7.05. The Kier molecular flexibility index (Phi) is 3.80. The summed E-state index contributed by atoms with van der Waals surface area (Å²) in [5, 5.41) is 7.13. The van der Waals surface area contributed by atoms with Crippen LogP contribution in [0.15, 0.2) is 24.3 Å². The molecule has 2 aromatic heterocycles. The van der Waals surface area contributed by atoms with Crippen molar-refractivity contribution in [3.8, 4) is 11.5 Å². The number of aromatic amines is 2. The van der Waals surface area contributed by atoms with Crippen molar-refractivity contribution in [3.63, 3.8) is 0 Å². The van der Waals surface area contributed by atoms with Crippen molar-refractivity contribution in [1.82, 2.24) is 25.1 Å². The number of hydrogen-bond acceptors (Lipinski definition) is 4. The van der Waals surface area contributed by atoms with Crippen LogP contribution in [0.25, 0.3) is 33.5 Å². The Labute approximate surface area is 158 Å². The summed E-state index contributed by atoms with van der Waals surface area (Å²) in [4.78, 5) is 11.6. The fourth-order valence-corrected chi connectivity index (χ4v) is 3.63. The lowest BCUT2D eigenvalue weighted by Crippen LogP contribution is -2.44. The molecule has 0 bridgehead atoms. The van der Waals surface area contributed by atoms with Gasteiger partial charge in [0.05, 0.1) is 16.7 Å². The number of imidazole rings is 1. The quantitative estimate of drug-likeness (QED) is 0.555. The predicted molar refractivity (Wildman–Crippen MR) is 101 cm³/mol. The molecule has 2 N–H and O–H groups in total. The van der Waals surface area contributed by atoms with Gasteiger partial charge in [-0.25, -0.2) is 18.2 Å². The lowest BCUT2D eigenvalue weighted by molar-refractivity contribution is 0.312. The molecule has 144 valence electrons. The van der Waals surface area contributed by atoms with Crippen molar-refractivity contribution in [2.75, 3.05) is 38.1 Å². The van der Waals surface area contributed by atoms with E-state index in [0.29, 0.717) is 33.6 Å². The summed E-state index contributed by atoms with van der Waals surface area (Å²) >= 11 is 0. The van der Waals surface area contributed by atoms with Gasteiger partial charge in [0.25, 0.3) is 0 Å². The summed E-state index contributed by atoms with van der Waals surface area (Å²) in [5.74, 6) is -2.05. The maximum absolute atomic E-state index is 15.2. The predicted octanol–water partition coefficient (Wildman–Crippen LogP) is 3.28. The first-order valence-electron chi connectivity index (χ1n) is 8.96. The molecule has 5 rings (SSSR count). The van der Waals surface area contributed by atoms with E-state index in [4.69, 9.17) is 0 Å². The van der Waals surface area contributed by atoms with Crippen molar-refractivity contribution < 1.29 is 13.2 Å². The van der Waals surface area contributed by atoms with Crippen LogP contribution in [-0.4, -0.2) is 58.3 Å². The molecule has 0 atom stereocenters. The third kappa shape index (κ3) is 2.62. The second-order valence-electron chi connectivity index (χ2n) is 7.05. The van der Waals surface area contributed by atoms with Crippen LogP contribution in [0.2, 0.25) is 0 Å². The summed E-state index contributed by atoms with van der Waals surface area (Å²) in [6.07, 6.45) is 0. The van der Waals surface area contributed by atoms with E-state index < -0.39 is 17.5 Å². The molecule has 9 heteroatoms. The molecule has 1 saturated heterocycles. The van der Waals surface area contributed by atoms with Gasteiger partial charge in [0.15, 0.2) is 23.3 Å². The number of fused-ring (bicyclic) bond motifs is 2. The van der Waals surface area contributed by atoms with Crippen molar-refractivity contribution in [2.24, 2.45) is 0 Å². The number of nitrogens with one attached hydrogen (secondary N) is 2. The molecule has 2 aromatic carbocycles. The van der Waals surface area contributed by atoms with Gasteiger partial charge < -0.3 is 14.8 Å². The number of hydrogen-bond donors (Lipinski definition) is 2. The molecule has 4 aromatic rings. The summed E-state index contributed by atoms with van der Waals surface area (Å²) in [6.45, 7) is 3.21. The van der Waals surface area contributed by atoms with Gasteiger partial charge in [-0.3, -0.25) is 5.10 Å². The van der Waals surface area contributed by atoms with Crippen molar-refractivity contribution in [3.05, 3.63) is 41.7 Å². The molecular weight excluding hydrogens is 369 g/mol. The van der Waals surface area contributed by atoms with Gasteiger partial charge in [-0.2, -0.15) is 5.10 Å². The van der Waals surface area contributed by atoms with Gasteiger partial charge in [0.2, 0.25) is 0 Å². The van der Waals surface area contributed by atoms with Crippen LogP contribution in [0.1, 0.15) is 0 Å². The van der Waals surface area contributed by atoms with E-state index in [-0.39, 0.29) is 5.52 Å². The highest BCUT2D eigenvalue weighted by Crippen LogP contribution is 2.31. The highest BCUT2D eigenvalue weighted by molar-refractivity contribution is 5.93. The lowest BCUT2D eigenvalue weighted by Gasteiger charge is -2.34. The van der Waals surface area contributed by atoms with Crippen LogP contribution in [0.5, 0.6) is 0 Å². The largest absolute Gasteiger partial charge is 0.367 e. The zero-order valence-corrected chi connectivity index (χ0v) is 15.1. The number of halogens is 3. The number of piperazine rings is 1. The first-order chi connectivity index (χ1) is 13.5. The van der Waals surface area contributed by atoms with Gasteiger partial charge in [0, 0.05) is 37.6 Å². The van der Waals surface area contributed by atoms with E-state index in [9.17, 15) is 8.78 Å². The standard InChI is InChI=1S/C19H17F3N6/c1-27-4-6-28(7-5-27)15-3-2-13-18(16(15)22)24-19(23-13)17-10-8-11(20)12(21)9-14(10)25-26-17/h2-3,8-9H,4-7H2,1H3,(H,23,24)(H,25,26). The maximum Gasteiger partial charge on any atom is 0.174 e. The Morgan fingerprint density at radius 1 is 0.964 bits per heavy atom. The first kappa shape index (κ1) is 17.1. The van der Waals surface area contributed by atoms with Gasteiger partial charge >= 0.3 is 0 Å². The summed E-state index contributed by atoms with van der Waals surface area (Å²) in [6, 6.07) is 5.61. The van der Waals surface area contributed by atoms with Gasteiger partial charge in [-0.1, -0.05) is 0 Å². The van der Waals surface area contributed by atoms with Crippen LogP contribution in [-0.2, 0) is 0 Å². The molecular formula is C19H17F3N6. The molecule has 28 heavy (non-hydrogen) atoms. The van der Waals surface area contributed by atoms with E-state index in [0.717, 1.165) is 38.3 Å². The summed E-state index contributed by atoms with van der Waals surface area (Å²) in [5.41, 5.74) is 1.88. The fraction of sp³-hybridized carbons (Fsp3) is 0.263. The zero-order chi connectivity index (χ0) is 19.4. The fourth-order valence-electron chi connectivity index (χ4n) is 3.63.